The molecule has 0 saturated carbocycles. The minimum absolute atomic E-state index is 0.576. The molecule has 0 heterocycles. The Morgan fingerprint density at radius 1 is 1.20 bits per heavy atom. The summed E-state index contributed by atoms with van der Waals surface area (Å²) in [6.07, 6.45) is 0. The van der Waals surface area contributed by atoms with Crippen molar-refractivity contribution in [1.82, 2.24) is 4.72 Å². The Labute approximate surface area is 114 Å². The quantitative estimate of drug-likeness (QED) is 0.887. The number of carbonyl (C=O) groups is 1. The molecule has 0 saturated heterocycles. The van der Waals surface area contributed by atoms with Gasteiger partial charge in [0.15, 0.2) is 0 Å². The van der Waals surface area contributed by atoms with E-state index in [0.717, 1.165) is 15.8 Å². The summed E-state index contributed by atoms with van der Waals surface area (Å²) >= 11 is 0. The minimum atomic E-state index is -5.66. The summed E-state index contributed by atoms with van der Waals surface area (Å²) in [5.41, 5.74) is -3.36. The Kier molecular flexibility index (Phi) is 4.64. The number of alkyl halides is 3. The Balaban J connectivity index is 2.70. The van der Waals surface area contributed by atoms with Gasteiger partial charge in [-0.05, 0) is 25.0 Å². The molecule has 1 rings (SSSR count). The number of hydrogen-bond donors (Lipinski definition) is 2. The fraction of sp³-hybridized carbons (Fsp3) is 0.364. The Morgan fingerprint density at radius 2 is 1.70 bits per heavy atom. The predicted molar refractivity (Wildman–Crippen MR) is 67.5 cm³/mol. The van der Waals surface area contributed by atoms with Crippen LogP contribution in [0.5, 0.6) is 0 Å². The fourth-order valence-corrected chi connectivity index (χ4v) is 1.99. The molecular weight excluding hydrogens is 297 g/mol. The molecule has 0 unspecified atom stereocenters. The summed E-state index contributed by atoms with van der Waals surface area (Å²) in [7, 11) is -5.66. The fourth-order valence-electron chi connectivity index (χ4n) is 1.51. The normalized spacial score (nSPS) is 12.1. The van der Waals surface area contributed by atoms with Gasteiger partial charge in [0.1, 0.15) is 0 Å². The van der Waals surface area contributed by atoms with Crippen LogP contribution >= 0.6 is 0 Å². The van der Waals surface area contributed by atoms with Crippen molar-refractivity contribution in [2.24, 2.45) is 0 Å². The van der Waals surface area contributed by atoms with Crippen LogP contribution in [-0.2, 0) is 14.8 Å². The molecule has 0 bridgehead atoms. The number of hydrogen-bond acceptors (Lipinski definition) is 4. The lowest BCUT2D eigenvalue weighted by Gasteiger charge is -2.13. The van der Waals surface area contributed by atoms with Crippen LogP contribution in [0.15, 0.2) is 18.2 Å². The van der Waals surface area contributed by atoms with E-state index in [1.165, 1.54) is 0 Å². The van der Waals surface area contributed by atoms with Crippen LogP contribution in [0.2, 0.25) is 0 Å². The number of nitrogens with one attached hydrogen (secondary N) is 2. The molecule has 0 atom stereocenters. The third kappa shape index (κ3) is 3.86. The zero-order chi connectivity index (χ0) is 15.6. The zero-order valence-corrected chi connectivity index (χ0v) is 11.5. The molecule has 0 spiro atoms. The van der Waals surface area contributed by atoms with Crippen molar-refractivity contribution in [1.29, 1.82) is 0 Å². The second kappa shape index (κ2) is 5.70. The van der Waals surface area contributed by atoms with Crippen molar-refractivity contribution in [2.75, 3.05) is 11.9 Å². The number of benzene rings is 1. The SMILES string of the molecule is Cc1cccc(C)c1NCC(=O)NS(=O)(=O)C(F)(F)F. The van der Waals surface area contributed by atoms with Crippen molar-refractivity contribution >= 4 is 21.6 Å². The third-order valence-corrected chi connectivity index (χ3v) is 3.57. The van der Waals surface area contributed by atoms with E-state index in [2.05, 4.69) is 5.32 Å². The average molecular weight is 310 g/mol. The molecule has 112 valence electrons. The van der Waals surface area contributed by atoms with E-state index in [0.29, 0.717) is 5.69 Å². The number of carbonyl (C=O) groups excluding carboxylic acids is 1. The molecule has 0 fully saturated rings. The molecule has 1 aromatic rings. The molecule has 1 aromatic carbocycles. The van der Waals surface area contributed by atoms with Crippen molar-refractivity contribution in [2.45, 2.75) is 19.4 Å². The minimum Gasteiger partial charge on any atom is -0.376 e. The van der Waals surface area contributed by atoms with E-state index in [1.807, 2.05) is 0 Å². The lowest BCUT2D eigenvalue weighted by atomic mass is 10.1. The summed E-state index contributed by atoms with van der Waals surface area (Å²) in [6, 6.07) is 5.28. The van der Waals surface area contributed by atoms with Crippen molar-refractivity contribution < 1.29 is 26.4 Å². The van der Waals surface area contributed by atoms with Gasteiger partial charge in [-0.2, -0.15) is 21.6 Å². The van der Waals surface area contributed by atoms with E-state index in [4.69, 9.17) is 0 Å². The maximum atomic E-state index is 12.1. The highest BCUT2D eigenvalue weighted by Gasteiger charge is 2.46. The number of halogens is 3. The smallest absolute Gasteiger partial charge is 0.376 e. The second-order valence-corrected chi connectivity index (χ2v) is 5.77. The van der Waals surface area contributed by atoms with Crippen LogP contribution in [0.25, 0.3) is 0 Å². The Hall–Kier alpha value is -1.77. The van der Waals surface area contributed by atoms with Gasteiger partial charge < -0.3 is 5.32 Å². The topological polar surface area (TPSA) is 75.3 Å². The molecular formula is C11H13F3N2O3S. The molecule has 1 amide bonds. The number of para-hydroxylation sites is 1. The van der Waals surface area contributed by atoms with Gasteiger partial charge in [-0.3, -0.25) is 4.79 Å². The lowest BCUT2D eigenvalue weighted by molar-refractivity contribution is -0.118. The largest absolute Gasteiger partial charge is 0.516 e. The van der Waals surface area contributed by atoms with Gasteiger partial charge in [-0.25, -0.2) is 4.72 Å². The summed E-state index contributed by atoms with van der Waals surface area (Å²) in [5.74, 6) is -1.29. The first kappa shape index (κ1) is 16.3. The van der Waals surface area contributed by atoms with E-state index >= 15 is 0 Å². The second-order valence-electron chi connectivity index (χ2n) is 4.09. The summed E-state index contributed by atoms with van der Waals surface area (Å²) in [6.45, 7) is 2.92. The molecule has 0 aromatic heterocycles. The number of amides is 1. The van der Waals surface area contributed by atoms with Crippen LogP contribution < -0.4 is 10.0 Å². The number of sulfonamides is 1. The predicted octanol–water partition coefficient (Wildman–Crippen LogP) is 1.68. The molecule has 9 heteroatoms. The van der Waals surface area contributed by atoms with E-state index in [-0.39, 0.29) is 0 Å². The summed E-state index contributed by atoms with van der Waals surface area (Å²) in [5, 5.41) is 2.61. The van der Waals surface area contributed by atoms with E-state index < -0.39 is 28.0 Å². The van der Waals surface area contributed by atoms with Crippen LogP contribution in [0.3, 0.4) is 0 Å². The van der Waals surface area contributed by atoms with Crippen molar-refractivity contribution in [3.63, 3.8) is 0 Å². The average Bonchev–Trinajstić information content (AvgIpc) is 2.26. The molecule has 0 aliphatic carbocycles. The number of aryl methyl sites for hydroxylation is 2. The lowest BCUT2D eigenvalue weighted by Crippen LogP contribution is -2.42. The molecule has 0 aliphatic heterocycles. The molecule has 5 nitrogen and oxygen atoms in total. The maximum absolute atomic E-state index is 12.1. The van der Waals surface area contributed by atoms with E-state index in [9.17, 15) is 26.4 Å². The number of rotatable bonds is 4. The third-order valence-electron chi connectivity index (χ3n) is 2.46. The summed E-state index contributed by atoms with van der Waals surface area (Å²) in [4.78, 5) is 11.2. The van der Waals surface area contributed by atoms with Gasteiger partial charge in [0, 0.05) is 5.69 Å². The van der Waals surface area contributed by atoms with Crippen LogP contribution in [-0.4, -0.2) is 26.4 Å². The first-order valence-corrected chi connectivity index (χ1v) is 6.95. The van der Waals surface area contributed by atoms with Crippen LogP contribution in [0, 0.1) is 13.8 Å². The van der Waals surface area contributed by atoms with Crippen molar-refractivity contribution in [3.05, 3.63) is 29.3 Å². The van der Waals surface area contributed by atoms with Gasteiger partial charge >= 0.3 is 15.5 Å². The van der Waals surface area contributed by atoms with Gasteiger partial charge in [-0.15, -0.1) is 0 Å². The van der Waals surface area contributed by atoms with Gasteiger partial charge in [0.05, 0.1) is 6.54 Å². The van der Waals surface area contributed by atoms with Gasteiger partial charge in [0.25, 0.3) is 5.91 Å². The maximum Gasteiger partial charge on any atom is 0.516 e. The highest BCUT2D eigenvalue weighted by atomic mass is 32.2. The Morgan fingerprint density at radius 3 is 2.15 bits per heavy atom. The van der Waals surface area contributed by atoms with Crippen LogP contribution in [0.1, 0.15) is 11.1 Å². The first-order valence-electron chi connectivity index (χ1n) is 5.46. The van der Waals surface area contributed by atoms with Crippen molar-refractivity contribution in [3.8, 4) is 0 Å². The molecule has 0 radical (unpaired) electrons. The van der Waals surface area contributed by atoms with Gasteiger partial charge in [0.2, 0.25) is 0 Å². The highest BCUT2D eigenvalue weighted by Crippen LogP contribution is 2.22. The van der Waals surface area contributed by atoms with E-state index in [1.54, 1.807) is 32.0 Å². The summed E-state index contributed by atoms with van der Waals surface area (Å²) < 4.78 is 58.6. The molecule has 0 aliphatic rings. The first-order chi connectivity index (χ1) is 9.04. The Bertz CT molecular complexity index is 592. The van der Waals surface area contributed by atoms with Crippen LogP contribution in [0.4, 0.5) is 18.9 Å². The molecule has 20 heavy (non-hydrogen) atoms. The standard InChI is InChI=1S/C11H13F3N2O3S/c1-7-4-3-5-8(2)10(7)15-6-9(17)16-20(18,19)11(12,13)14/h3-5,15H,6H2,1-2H3,(H,16,17). The monoisotopic (exact) mass is 310 g/mol. The zero-order valence-electron chi connectivity index (χ0n) is 10.7. The number of anilines is 1. The molecule has 2 N–H and O–H groups in total. The van der Waals surface area contributed by atoms with Gasteiger partial charge in [-0.1, -0.05) is 18.2 Å². The highest BCUT2D eigenvalue weighted by molar-refractivity contribution is 7.90.